The van der Waals surface area contributed by atoms with Crippen molar-refractivity contribution in [3.63, 3.8) is 0 Å². The van der Waals surface area contributed by atoms with Gasteiger partial charge in [-0.05, 0) is 68.5 Å². The molecule has 1 amide bonds. The molecular formula is C29H38N2O7S2. The number of amides is 1. The van der Waals surface area contributed by atoms with Crippen LogP contribution in [0.4, 0.5) is 0 Å². The molecule has 3 unspecified atom stereocenters. The summed E-state index contributed by atoms with van der Waals surface area (Å²) < 4.78 is 15.5. The van der Waals surface area contributed by atoms with Crippen LogP contribution in [0.1, 0.15) is 50.5 Å². The van der Waals surface area contributed by atoms with Crippen LogP contribution in [0.15, 0.2) is 47.2 Å². The van der Waals surface area contributed by atoms with Gasteiger partial charge in [0.15, 0.2) is 0 Å². The fourth-order valence-corrected chi connectivity index (χ4v) is 6.13. The first-order chi connectivity index (χ1) is 19.1. The molecule has 11 heteroatoms. The van der Waals surface area contributed by atoms with E-state index in [1.807, 2.05) is 47.2 Å². The average Bonchev–Trinajstić information content (AvgIpc) is 3.41. The summed E-state index contributed by atoms with van der Waals surface area (Å²) >= 11 is 3.16. The molecule has 1 aromatic carbocycles. The van der Waals surface area contributed by atoms with E-state index in [0.29, 0.717) is 25.1 Å². The number of thiophene rings is 1. The van der Waals surface area contributed by atoms with Crippen LogP contribution in [-0.2, 0) is 39.8 Å². The Kier molecular flexibility index (Phi) is 12.0. The maximum atomic E-state index is 13.7. The van der Waals surface area contributed by atoms with Crippen LogP contribution in [-0.4, -0.2) is 73.0 Å². The van der Waals surface area contributed by atoms with Crippen molar-refractivity contribution in [1.29, 1.82) is 0 Å². The number of nitrogens with zero attached hydrogens (tertiary/aromatic N) is 1. The third kappa shape index (κ3) is 9.64. The molecule has 1 aliphatic heterocycles. The van der Waals surface area contributed by atoms with Gasteiger partial charge in [0.05, 0.1) is 18.1 Å². The average molecular weight is 591 g/mol. The molecule has 1 saturated heterocycles. The van der Waals surface area contributed by atoms with Crippen molar-refractivity contribution in [2.75, 3.05) is 32.2 Å². The first-order valence-electron chi connectivity index (χ1n) is 13.3. The standard InChI is InChI=1S/C29H38N2O7S2/c1-5-36-27(34)22(12-11-20-9-7-6-8-10-20)30-23-18-40-24(21-13-14-39-17-21)15-31(26(23)33)16-25(32)37-19-38-28(35)29(2,3)4/h6-10,13-14,17,22-24,30H,5,11-12,15-16,18-19H2,1-4H3. The molecule has 40 heavy (non-hydrogen) atoms. The summed E-state index contributed by atoms with van der Waals surface area (Å²) in [6, 6.07) is 10.4. The van der Waals surface area contributed by atoms with Crippen molar-refractivity contribution in [2.45, 2.75) is 57.9 Å². The number of thioether (sulfide) groups is 1. The zero-order chi connectivity index (χ0) is 29.1. The molecule has 2 aromatic rings. The number of hydrogen-bond donors (Lipinski definition) is 1. The number of nitrogens with one attached hydrogen (secondary N) is 1. The Hall–Kier alpha value is -2.89. The SMILES string of the molecule is CCOC(=O)C(CCc1ccccc1)NC1CSC(c2ccsc2)CN(CC(=O)OCOC(=O)C(C)(C)C)C1=O. The predicted octanol–water partition coefficient (Wildman–Crippen LogP) is 3.98. The third-order valence-corrected chi connectivity index (χ3v) is 8.31. The molecule has 0 spiro atoms. The van der Waals surface area contributed by atoms with Crippen molar-refractivity contribution in [3.8, 4) is 0 Å². The van der Waals surface area contributed by atoms with E-state index in [0.717, 1.165) is 11.1 Å². The Morgan fingerprint density at radius 3 is 2.50 bits per heavy atom. The number of benzene rings is 1. The summed E-state index contributed by atoms with van der Waals surface area (Å²) in [4.78, 5) is 52.7. The Morgan fingerprint density at radius 2 is 1.85 bits per heavy atom. The van der Waals surface area contributed by atoms with Crippen molar-refractivity contribution < 1.29 is 33.4 Å². The second-order valence-electron chi connectivity index (χ2n) is 10.5. The van der Waals surface area contributed by atoms with Gasteiger partial charge in [-0.25, -0.2) is 0 Å². The number of carbonyl (C=O) groups excluding carboxylic acids is 4. The fraction of sp³-hybridized carbons (Fsp3) is 0.517. The lowest BCUT2D eigenvalue weighted by atomic mass is 9.98. The lowest BCUT2D eigenvalue weighted by molar-refractivity contribution is -0.174. The van der Waals surface area contributed by atoms with Gasteiger partial charge in [-0.2, -0.15) is 11.3 Å². The lowest BCUT2D eigenvalue weighted by Crippen LogP contribution is -2.53. The highest BCUT2D eigenvalue weighted by molar-refractivity contribution is 7.99. The largest absolute Gasteiger partial charge is 0.465 e. The van der Waals surface area contributed by atoms with Gasteiger partial charge in [0, 0.05) is 17.5 Å². The van der Waals surface area contributed by atoms with E-state index >= 15 is 0 Å². The molecule has 0 radical (unpaired) electrons. The van der Waals surface area contributed by atoms with Crippen molar-refractivity contribution in [3.05, 3.63) is 58.3 Å². The molecule has 9 nitrogen and oxygen atoms in total. The van der Waals surface area contributed by atoms with Gasteiger partial charge in [-0.1, -0.05) is 30.3 Å². The van der Waals surface area contributed by atoms with E-state index in [1.165, 1.54) is 4.90 Å². The number of rotatable bonds is 12. The molecule has 1 aliphatic rings. The van der Waals surface area contributed by atoms with Crippen molar-refractivity contribution >= 4 is 46.9 Å². The topological polar surface area (TPSA) is 111 Å². The van der Waals surface area contributed by atoms with Gasteiger partial charge in [0.1, 0.15) is 12.6 Å². The molecule has 0 bridgehead atoms. The second kappa shape index (κ2) is 15.2. The molecule has 3 rings (SSSR count). The molecule has 1 aromatic heterocycles. The van der Waals surface area contributed by atoms with Gasteiger partial charge in [0.25, 0.3) is 0 Å². The minimum absolute atomic E-state index is 0.0566. The maximum Gasteiger partial charge on any atom is 0.328 e. The van der Waals surface area contributed by atoms with Crippen LogP contribution in [0.5, 0.6) is 0 Å². The van der Waals surface area contributed by atoms with Gasteiger partial charge >= 0.3 is 17.9 Å². The van der Waals surface area contributed by atoms with Gasteiger partial charge in [-0.15, -0.1) is 11.8 Å². The highest BCUT2D eigenvalue weighted by Crippen LogP contribution is 2.34. The summed E-state index contributed by atoms with van der Waals surface area (Å²) in [5, 5.41) is 7.18. The first kappa shape index (κ1) is 31.6. The van der Waals surface area contributed by atoms with Crippen LogP contribution in [0, 0.1) is 5.41 Å². The highest BCUT2D eigenvalue weighted by atomic mass is 32.2. The van der Waals surface area contributed by atoms with Gasteiger partial charge < -0.3 is 19.1 Å². The van der Waals surface area contributed by atoms with Crippen LogP contribution in [0.2, 0.25) is 0 Å². The molecule has 3 atom stereocenters. The van der Waals surface area contributed by atoms with E-state index < -0.39 is 42.2 Å². The summed E-state index contributed by atoms with van der Waals surface area (Å²) in [7, 11) is 0. The molecule has 1 N–H and O–H groups in total. The smallest absolute Gasteiger partial charge is 0.328 e. The van der Waals surface area contributed by atoms with Crippen LogP contribution < -0.4 is 5.32 Å². The minimum atomic E-state index is -0.729. The highest BCUT2D eigenvalue weighted by Gasteiger charge is 2.36. The third-order valence-electron chi connectivity index (χ3n) is 6.26. The summed E-state index contributed by atoms with van der Waals surface area (Å²) in [5.74, 6) is -1.49. The summed E-state index contributed by atoms with van der Waals surface area (Å²) in [6.45, 7) is 6.54. The normalized spacial score (nSPS) is 18.5. The number of hydrogen-bond acceptors (Lipinski definition) is 10. The zero-order valence-electron chi connectivity index (χ0n) is 23.4. The van der Waals surface area contributed by atoms with E-state index in [9.17, 15) is 19.2 Å². The predicted molar refractivity (Wildman–Crippen MR) is 155 cm³/mol. The molecule has 0 saturated carbocycles. The Balaban J connectivity index is 1.71. The Labute approximate surface area is 243 Å². The number of esters is 3. The first-order valence-corrected chi connectivity index (χ1v) is 15.3. The van der Waals surface area contributed by atoms with E-state index in [1.54, 1.807) is 50.8 Å². The second-order valence-corrected chi connectivity index (χ2v) is 12.5. The zero-order valence-corrected chi connectivity index (χ0v) is 25.1. The van der Waals surface area contributed by atoms with Crippen LogP contribution in [0.3, 0.4) is 0 Å². The number of ether oxygens (including phenoxy) is 3. The molecule has 218 valence electrons. The van der Waals surface area contributed by atoms with Crippen molar-refractivity contribution in [2.24, 2.45) is 5.41 Å². The van der Waals surface area contributed by atoms with Gasteiger partial charge in [0.2, 0.25) is 12.7 Å². The Morgan fingerprint density at radius 1 is 1.10 bits per heavy atom. The molecule has 1 fully saturated rings. The molecule has 0 aliphatic carbocycles. The molecular weight excluding hydrogens is 552 g/mol. The maximum absolute atomic E-state index is 13.7. The van der Waals surface area contributed by atoms with Gasteiger partial charge in [-0.3, -0.25) is 24.5 Å². The van der Waals surface area contributed by atoms with E-state index in [-0.39, 0.29) is 24.3 Å². The van der Waals surface area contributed by atoms with Crippen molar-refractivity contribution in [1.82, 2.24) is 10.2 Å². The fourth-order valence-electron chi connectivity index (χ4n) is 4.05. The monoisotopic (exact) mass is 590 g/mol. The summed E-state index contributed by atoms with van der Waals surface area (Å²) in [6.07, 6.45) is 1.08. The number of aryl methyl sites for hydroxylation is 1. The molecule has 2 heterocycles. The van der Waals surface area contributed by atoms with Crippen LogP contribution >= 0.6 is 23.1 Å². The number of carbonyl (C=O) groups is 4. The van der Waals surface area contributed by atoms with E-state index in [4.69, 9.17) is 14.2 Å². The Bertz CT molecular complexity index is 1120. The lowest BCUT2D eigenvalue weighted by Gasteiger charge is -2.27. The van der Waals surface area contributed by atoms with Crippen LogP contribution in [0.25, 0.3) is 0 Å². The van der Waals surface area contributed by atoms with E-state index in [2.05, 4.69) is 5.32 Å². The quantitative estimate of drug-likeness (QED) is 0.290. The minimum Gasteiger partial charge on any atom is -0.465 e. The summed E-state index contributed by atoms with van der Waals surface area (Å²) in [5.41, 5.74) is 1.41.